The molecule has 2 aliphatic heterocycles. The molecule has 30 heavy (non-hydrogen) atoms. The number of halogens is 1. The zero-order valence-electron chi connectivity index (χ0n) is 15.7. The summed E-state index contributed by atoms with van der Waals surface area (Å²) in [6.45, 7) is 0.495. The van der Waals surface area contributed by atoms with Gasteiger partial charge in [0.25, 0.3) is 5.56 Å². The molecule has 1 aromatic carbocycles. The Morgan fingerprint density at radius 1 is 1.17 bits per heavy atom. The van der Waals surface area contributed by atoms with Gasteiger partial charge in [0.15, 0.2) is 5.17 Å². The summed E-state index contributed by atoms with van der Waals surface area (Å²) < 4.78 is 1.49. The minimum atomic E-state index is -0.339. The summed E-state index contributed by atoms with van der Waals surface area (Å²) in [5.41, 5.74) is 7.67. The lowest BCUT2D eigenvalue weighted by atomic mass is 10.0. The third-order valence-electron chi connectivity index (χ3n) is 5.00. The molecule has 152 valence electrons. The molecule has 5 rings (SSSR count). The molecule has 3 aromatic rings. The SMILES string of the molecule is O=C1C2CNNC2N=C(SCc2cc(=O)n3ccccc3n2)N1c1ccccc1Cl. The number of aromatic nitrogens is 2. The number of carbonyl (C=O) groups is 1. The van der Waals surface area contributed by atoms with Crippen molar-refractivity contribution in [1.29, 1.82) is 0 Å². The Bertz CT molecular complexity index is 1230. The van der Waals surface area contributed by atoms with Crippen LogP contribution in [-0.2, 0) is 10.5 Å². The van der Waals surface area contributed by atoms with Crippen molar-refractivity contribution in [3.8, 4) is 0 Å². The molecule has 1 amide bonds. The van der Waals surface area contributed by atoms with Crippen LogP contribution >= 0.6 is 23.4 Å². The summed E-state index contributed by atoms with van der Waals surface area (Å²) in [6, 6.07) is 14.1. The zero-order valence-corrected chi connectivity index (χ0v) is 17.2. The third-order valence-corrected chi connectivity index (χ3v) is 6.30. The molecule has 0 radical (unpaired) electrons. The second-order valence-electron chi connectivity index (χ2n) is 6.92. The van der Waals surface area contributed by atoms with E-state index in [0.29, 0.717) is 39.5 Å². The van der Waals surface area contributed by atoms with Gasteiger partial charge in [-0.05, 0) is 24.3 Å². The van der Waals surface area contributed by atoms with Crippen molar-refractivity contribution in [2.75, 3.05) is 11.4 Å². The molecular formula is C20H17ClN6O2S. The van der Waals surface area contributed by atoms with E-state index in [4.69, 9.17) is 16.6 Å². The molecular weight excluding hydrogens is 424 g/mol. The summed E-state index contributed by atoms with van der Waals surface area (Å²) in [6.07, 6.45) is 1.35. The fourth-order valence-corrected chi connectivity index (χ4v) is 4.69. The average molecular weight is 441 g/mol. The van der Waals surface area contributed by atoms with Gasteiger partial charge in [-0.25, -0.2) is 15.4 Å². The van der Waals surface area contributed by atoms with Crippen LogP contribution in [0.5, 0.6) is 0 Å². The number of pyridine rings is 1. The molecule has 1 saturated heterocycles. The van der Waals surface area contributed by atoms with Crippen LogP contribution in [0.2, 0.25) is 5.02 Å². The van der Waals surface area contributed by atoms with Crippen LogP contribution in [0.15, 0.2) is 64.5 Å². The Kier molecular flexibility index (Phi) is 5.03. The van der Waals surface area contributed by atoms with E-state index in [9.17, 15) is 9.59 Å². The Morgan fingerprint density at radius 3 is 2.87 bits per heavy atom. The molecule has 0 spiro atoms. The summed E-state index contributed by atoms with van der Waals surface area (Å²) in [4.78, 5) is 36.5. The number of nitrogens with zero attached hydrogens (tertiary/aromatic N) is 4. The number of anilines is 1. The summed E-state index contributed by atoms with van der Waals surface area (Å²) in [5.74, 6) is 0.00195. The Labute approximate surface area is 180 Å². The van der Waals surface area contributed by atoms with Crippen molar-refractivity contribution < 1.29 is 4.79 Å². The molecule has 2 aliphatic rings. The van der Waals surface area contributed by atoms with Crippen LogP contribution in [-0.4, -0.2) is 33.2 Å². The monoisotopic (exact) mass is 440 g/mol. The van der Waals surface area contributed by atoms with Crippen LogP contribution < -0.4 is 21.3 Å². The van der Waals surface area contributed by atoms with Gasteiger partial charge in [0.05, 0.1) is 22.3 Å². The molecule has 2 unspecified atom stereocenters. The molecule has 2 N–H and O–H groups in total. The van der Waals surface area contributed by atoms with Crippen LogP contribution in [0.25, 0.3) is 5.65 Å². The number of rotatable bonds is 3. The Hall–Kier alpha value is -2.72. The van der Waals surface area contributed by atoms with Crippen molar-refractivity contribution in [3.63, 3.8) is 0 Å². The zero-order chi connectivity index (χ0) is 20.7. The normalized spacial score (nSPS) is 21.0. The summed E-state index contributed by atoms with van der Waals surface area (Å²) in [7, 11) is 0. The first-order valence-electron chi connectivity index (χ1n) is 9.36. The molecule has 0 bridgehead atoms. The van der Waals surface area contributed by atoms with E-state index in [0.717, 1.165) is 0 Å². The first-order chi connectivity index (χ1) is 14.6. The van der Waals surface area contributed by atoms with Gasteiger partial charge in [-0.1, -0.05) is 41.6 Å². The van der Waals surface area contributed by atoms with Crippen molar-refractivity contribution in [1.82, 2.24) is 20.2 Å². The van der Waals surface area contributed by atoms with Gasteiger partial charge in [0, 0.05) is 24.6 Å². The second-order valence-corrected chi connectivity index (χ2v) is 8.27. The van der Waals surface area contributed by atoms with Crippen LogP contribution in [0, 0.1) is 5.92 Å². The number of benzene rings is 1. The predicted molar refractivity (Wildman–Crippen MR) is 118 cm³/mol. The molecule has 2 aromatic heterocycles. The third kappa shape index (κ3) is 3.39. The van der Waals surface area contributed by atoms with Crippen molar-refractivity contribution >= 4 is 45.8 Å². The largest absolute Gasteiger partial charge is 0.274 e. The summed E-state index contributed by atoms with van der Waals surface area (Å²) >= 11 is 7.74. The number of hydrogen-bond acceptors (Lipinski definition) is 7. The van der Waals surface area contributed by atoms with E-state index in [1.165, 1.54) is 22.2 Å². The van der Waals surface area contributed by atoms with Gasteiger partial charge in [-0.3, -0.25) is 24.3 Å². The minimum absolute atomic E-state index is 0.0744. The average Bonchev–Trinajstić information content (AvgIpc) is 3.22. The maximum Gasteiger partial charge on any atom is 0.258 e. The molecule has 10 heteroatoms. The maximum atomic E-state index is 13.2. The molecule has 4 heterocycles. The lowest BCUT2D eigenvalue weighted by Gasteiger charge is -2.32. The topological polar surface area (TPSA) is 91.1 Å². The standard InChI is InChI=1S/C20H17ClN6O2S/c21-14-5-1-2-6-15(14)27-19(29)13-10-22-25-18(13)24-20(27)30-11-12-9-17(28)26-8-4-3-7-16(26)23-12/h1-9,13,18,22,25H,10-11H2. The number of amidine groups is 1. The van der Waals surface area contributed by atoms with E-state index < -0.39 is 0 Å². The van der Waals surface area contributed by atoms with Gasteiger partial charge in [0.1, 0.15) is 11.8 Å². The Balaban J connectivity index is 1.49. The smallest absolute Gasteiger partial charge is 0.258 e. The van der Waals surface area contributed by atoms with Crippen molar-refractivity contribution in [3.05, 3.63) is 75.8 Å². The van der Waals surface area contributed by atoms with Gasteiger partial charge in [-0.15, -0.1) is 0 Å². The minimum Gasteiger partial charge on any atom is -0.274 e. The van der Waals surface area contributed by atoms with E-state index in [2.05, 4.69) is 15.8 Å². The predicted octanol–water partition coefficient (Wildman–Crippen LogP) is 2.03. The highest BCUT2D eigenvalue weighted by Crippen LogP contribution is 2.34. The second kappa shape index (κ2) is 7.84. The van der Waals surface area contributed by atoms with Gasteiger partial charge in [-0.2, -0.15) is 0 Å². The lowest BCUT2D eigenvalue weighted by molar-refractivity contribution is -0.121. The lowest BCUT2D eigenvalue weighted by Crippen LogP contribution is -2.49. The number of thioether (sulfide) groups is 1. The fourth-order valence-electron chi connectivity index (χ4n) is 3.54. The fraction of sp³-hybridized carbons (Fsp3) is 0.200. The highest BCUT2D eigenvalue weighted by molar-refractivity contribution is 8.13. The van der Waals surface area contributed by atoms with E-state index in [1.807, 2.05) is 18.2 Å². The van der Waals surface area contributed by atoms with Gasteiger partial charge >= 0.3 is 0 Å². The number of hydrogen-bond donors (Lipinski definition) is 2. The quantitative estimate of drug-likeness (QED) is 0.647. The number of amides is 1. The number of carbonyl (C=O) groups excluding carboxylic acids is 1. The van der Waals surface area contributed by atoms with Crippen molar-refractivity contribution in [2.45, 2.75) is 11.9 Å². The highest BCUT2D eigenvalue weighted by atomic mass is 35.5. The number of para-hydroxylation sites is 1. The molecule has 8 nitrogen and oxygen atoms in total. The van der Waals surface area contributed by atoms with Gasteiger partial charge < -0.3 is 0 Å². The summed E-state index contributed by atoms with van der Waals surface area (Å²) in [5, 5.41) is 0.985. The van der Waals surface area contributed by atoms with Crippen LogP contribution in [0.3, 0.4) is 0 Å². The molecule has 0 aliphatic carbocycles. The van der Waals surface area contributed by atoms with E-state index in [1.54, 1.807) is 35.4 Å². The number of fused-ring (bicyclic) bond motifs is 2. The maximum absolute atomic E-state index is 13.2. The van der Waals surface area contributed by atoms with E-state index >= 15 is 0 Å². The van der Waals surface area contributed by atoms with Crippen LogP contribution in [0.4, 0.5) is 5.69 Å². The number of aliphatic imine (C=N–C) groups is 1. The molecule has 0 saturated carbocycles. The number of nitrogens with one attached hydrogen (secondary N) is 2. The highest BCUT2D eigenvalue weighted by Gasteiger charge is 2.42. The molecule has 2 atom stereocenters. The first-order valence-corrected chi connectivity index (χ1v) is 10.7. The Morgan fingerprint density at radius 2 is 2.00 bits per heavy atom. The van der Waals surface area contributed by atoms with Gasteiger partial charge in [0.2, 0.25) is 5.91 Å². The van der Waals surface area contributed by atoms with Crippen molar-refractivity contribution in [2.24, 2.45) is 10.9 Å². The first kappa shape index (κ1) is 19.3. The van der Waals surface area contributed by atoms with Crippen LogP contribution in [0.1, 0.15) is 5.69 Å². The molecule has 1 fully saturated rings. The number of hydrazine groups is 1. The van der Waals surface area contributed by atoms with E-state index in [-0.39, 0.29) is 23.6 Å².